The molecule has 52 heavy (non-hydrogen) atoms. The fraction of sp³-hybridized carbons (Fsp3) is 0.618. The summed E-state index contributed by atoms with van der Waals surface area (Å²) in [7, 11) is 2.68. The lowest BCUT2D eigenvalue weighted by molar-refractivity contribution is -0.228. The molecule has 4 aliphatic rings. The SMILES string of the molecule is CNC(=O)O[C@H]1CC(=O)N([C@H]2O[C@@H](CO)[C@H](O)[C@@H](O)[C@@H]2O)c2cc(cc(O)c2Cl)CC(C)=CC=C[C@@H](OC)[C@@]2(O)C[C@H](OC(=O)N2)[C@@H](C)[C@@H]2O[C@@]12C. The Morgan fingerprint density at radius 1 is 1.19 bits per heavy atom. The Bertz CT molecular complexity index is 1590. The summed E-state index contributed by atoms with van der Waals surface area (Å²) < 4.78 is 28.7. The van der Waals surface area contributed by atoms with Crippen molar-refractivity contribution < 1.29 is 68.7 Å². The third-order valence-corrected chi connectivity index (χ3v) is 10.5. The summed E-state index contributed by atoms with van der Waals surface area (Å²) in [6.07, 6.45) is -10.4. The fourth-order valence-electron chi connectivity index (χ4n) is 7.12. The van der Waals surface area contributed by atoms with Gasteiger partial charge in [-0.3, -0.25) is 15.0 Å². The standard InChI is InChI=1S/C34H46ClN3O14/c1-15-7-6-8-22(48-5)34(47)13-20(50-32(46)37-34)16(2)29-33(3,52-29)23(51-31(45)36-4)12-24(41)38(18-10-17(9-15)11-19(40)25(18)35)30-28(44)27(43)26(42)21(14-39)49-30/h6-8,10-11,16,20-23,26-30,39-40,42-44,47H,9,12-14H2,1-5H3,(H,36,45)(H,37,46)/t16-,20+,21+,22-,23+,26+,27-,28+,29+,30+,33+,34+/m1/s1. The van der Waals surface area contributed by atoms with Crippen LogP contribution in [0.1, 0.15) is 39.2 Å². The first-order valence-electron chi connectivity index (χ1n) is 16.8. The number of amides is 3. The second-order valence-corrected chi connectivity index (χ2v) is 14.2. The molecular formula is C34H46ClN3O14. The smallest absolute Gasteiger partial charge is 0.409 e. The molecular weight excluding hydrogens is 710 g/mol. The van der Waals surface area contributed by atoms with Crippen LogP contribution in [0.4, 0.5) is 15.3 Å². The van der Waals surface area contributed by atoms with E-state index in [1.165, 1.54) is 26.3 Å². The van der Waals surface area contributed by atoms with Crippen LogP contribution in [-0.2, 0) is 34.9 Å². The molecule has 3 saturated heterocycles. The zero-order valence-corrected chi connectivity index (χ0v) is 30.0. The number of aliphatic hydroxyl groups excluding tert-OH is 4. The topological polar surface area (TPSA) is 249 Å². The van der Waals surface area contributed by atoms with E-state index in [-0.39, 0.29) is 23.6 Å². The van der Waals surface area contributed by atoms with E-state index in [1.54, 1.807) is 39.0 Å². The molecule has 17 nitrogen and oxygen atoms in total. The van der Waals surface area contributed by atoms with Gasteiger partial charge in [-0.05, 0) is 38.0 Å². The van der Waals surface area contributed by atoms with Gasteiger partial charge in [0, 0.05) is 26.5 Å². The number of phenolic OH excluding ortho intramolecular Hbond substituents is 1. The molecule has 0 radical (unpaired) electrons. The zero-order chi connectivity index (χ0) is 38.3. The number of halogens is 1. The Balaban J connectivity index is 1.66. The van der Waals surface area contributed by atoms with Crippen molar-refractivity contribution in [3.8, 4) is 5.75 Å². The number of nitrogens with zero attached hydrogens (tertiary/aromatic N) is 1. The Labute approximate surface area is 304 Å². The average Bonchev–Trinajstić information content (AvgIpc) is 3.79. The van der Waals surface area contributed by atoms with E-state index in [1.807, 2.05) is 0 Å². The molecule has 12 atom stereocenters. The molecule has 18 heteroatoms. The molecule has 4 aliphatic heterocycles. The number of carbonyl (C=O) groups excluding carboxylic acids is 3. The number of hydrogen-bond acceptors (Lipinski definition) is 14. The summed E-state index contributed by atoms with van der Waals surface area (Å²) in [5, 5.41) is 69.4. The first-order chi connectivity index (χ1) is 24.5. The molecule has 288 valence electrons. The van der Waals surface area contributed by atoms with E-state index in [0.717, 1.165) is 10.5 Å². The Morgan fingerprint density at radius 2 is 1.90 bits per heavy atom. The third kappa shape index (κ3) is 7.74. The molecule has 0 saturated carbocycles. The number of hydrogen-bond donors (Lipinski definition) is 8. The van der Waals surface area contributed by atoms with Gasteiger partial charge in [0.25, 0.3) is 0 Å². The highest BCUT2D eigenvalue weighted by atomic mass is 35.5. The van der Waals surface area contributed by atoms with Crippen molar-refractivity contribution in [2.45, 2.75) is 106 Å². The summed E-state index contributed by atoms with van der Waals surface area (Å²) in [5.41, 5.74) is -2.28. The summed E-state index contributed by atoms with van der Waals surface area (Å²) in [6.45, 7) is 4.27. The number of aliphatic hydroxyl groups is 5. The predicted molar refractivity (Wildman–Crippen MR) is 181 cm³/mol. The predicted octanol–water partition coefficient (Wildman–Crippen LogP) is 0.348. The molecule has 5 rings (SSSR count). The molecule has 0 aliphatic carbocycles. The maximum absolute atomic E-state index is 14.6. The molecule has 0 aromatic heterocycles. The van der Waals surface area contributed by atoms with Gasteiger partial charge in [0.1, 0.15) is 59.1 Å². The minimum absolute atomic E-state index is 0.129. The monoisotopic (exact) mass is 755 g/mol. The van der Waals surface area contributed by atoms with Crippen molar-refractivity contribution in [1.29, 1.82) is 0 Å². The van der Waals surface area contributed by atoms with Gasteiger partial charge in [-0.1, -0.05) is 42.3 Å². The van der Waals surface area contributed by atoms with Crippen LogP contribution in [0.15, 0.2) is 35.9 Å². The average molecular weight is 756 g/mol. The van der Waals surface area contributed by atoms with Gasteiger partial charge in [0.15, 0.2) is 12.0 Å². The normalized spacial score (nSPS) is 38.4. The van der Waals surface area contributed by atoms with Crippen molar-refractivity contribution in [1.82, 2.24) is 10.6 Å². The van der Waals surface area contributed by atoms with Crippen LogP contribution in [0.3, 0.4) is 0 Å². The number of phenols is 1. The summed E-state index contributed by atoms with van der Waals surface area (Å²) >= 11 is 6.62. The van der Waals surface area contributed by atoms with Crippen LogP contribution in [-0.4, -0.2) is 136 Å². The zero-order valence-electron chi connectivity index (χ0n) is 29.3. The van der Waals surface area contributed by atoms with Crippen LogP contribution in [0, 0.1) is 5.92 Å². The molecule has 4 bridgehead atoms. The molecule has 0 unspecified atom stereocenters. The van der Waals surface area contributed by atoms with Gasteiger partial charge in [0.05, 0.1) is 24.8 Å². The quantitative estimate of drug-likeness (QED) is 0.193. The number of allylic oxidation sites excluding steroid dienone is 3. The molecule has 3 fully saturated rings. The maximum Gasteiger partial charge on any atom is 0.409 e. The highest BCUT2D eigenvalue weighted by molar-refractivity contribution is 6.35. The van der Waals surface area contributed by atoms with E-state index >= 15 is 0 Å². The summed E-state index contributed by atoms with van der Waals surface area (Å²) in [6, 6.07) is 2.83. The first kappa shape index (κ1) is 39.7. The van der Waals surface area contributed by atoms with Crippen molar-refractivity contribution >= 4 is 35.4 Å². The number of fused-ring (bicyclic) bond motifs is 5. The number of rotatable bonds is 4. The van der Waals surface area contributed by atoms with E-state index in [2.05, 4.69) is 10.6 Å². The number of carbonyl (C=O) groups is 3. The second-order valence-electron chi connectivity index (χ2n) is 13.8. The number of epoxide rings is 1. The molecule has 4 heterocycles. The van der Waals surface area contributed by atoms with Gasteiger partial charge in [-0.25, -0.2) is 9.59 Å². The van der Waals surface area contributed by atoms with Gasteiger partial charge >= 0.3 is 12.2 Å². The van der Waals surface area contributed by atoms with Gasteiger partial charge < -0.3 is 59.6 Å². The lowest BCUT2D eigenvalue weighted by atomic mass is 9.83. The highest BCUT2D eigenvalue weighted by Crippen LogP contribution is 2.49. The molecule has 3 amide bonds. The Morgan fingerprint density at radius 3 is 2.56 bits per heavy atom. The van der Waals surface area contributed by atoms with Crippen LogP contribution >= 0.6 is 11.6 Å². The van der Waals surface area contributed by atoms with Crippen molar-refractivity contribution in [2.75, 3.05) is 25.7 Å². The summed E-state index contributed by atoms with van der Waals surface area (Å²) in [5.74, 6) is -1.97. The van der Waals surface area contributed by atoms with E-state index < -0.39 is 109 Å². The highest BCUT2D eigenvalue weighted by Gasteiger charge is 2.64. The molecule has 1 aromatic rings. The van der Waals surface area contributed by atoms with Crippen LogP contribution in [0.5, 0.6) is 5.75 Å². The molecule has 8 N–H and O–H groups in total. The van der Waals surface area contributed by atoms with Crippen LogP contribution in [0.25, 0.3) is 0 Å². The van der Waals surface area contributed by atoms with E-state index in [9.17, 15) is 45.0 Å². The number of aromatic hydroxyl groups is 1. The molecule has 0 spiro atoms. The van der Waals surface area contributed by atoms with Crippen molar-refractivity contribution in [2.24, 2.45) is 5.92 Å². The number of methoxy groups -OCH3 is 1. The largest absolute Gasteiger partial charge is 0.506 e. The van der Waals surface area contributed by atoms with Crippen molar-refractivity contribution in [3.63, 3.8) is 0 Å². The number of anilines is 1. The van der Waals surface area contributed by atoms with Crippen LogP contribution < -0.4 is 15.5 Å². The van der Waals surface area contributed by atoms with Gasteiger partial charge in [0.2, 0.25) is 5.91 Å². The van der Waals surface area contributed by atoms with E-state index in [0.29, 0.717) is 5.56 Å². The second kappa shape index (κ2) is 15.5. The minimum Gasteiger partial charge on any atom is -0.506 e. The number of ether oxygens (including phenoxy) is 5. The minimum atomic E-state index is -1.95. The first-order valence-corrected chi connectivity index (χ1v) is 17.1. The lowest BCUT2D eigenvalue weighted by Gasteiger charge is -2.45. The summed E-state index contributed by atoms with van der Waals surface area (Å²) in [4.78, 5) is 40.9. The Hall–Kier alpha value is -3.52. The molecule has 1 aromatic carbocycles. The van der Waals surface area contributed by atoms with Gasteiger partial charge in [-0.2, -0.15) is 0 Å². The number of alkyl carbamates (subject to hydrolysis) is 2. The lowest BCUT2D eigenvalue weighted by Crippen LogP contribution is -2.64. The maximum atomic E-state index is 14.6. The van der Waals surface area contributed by atoms with Gasteiger partial charge in [-0.15, -0.1) is 0 Å². The van der Waals surface area contributed by atoms with Crippen molar-refractivity contribution in [3.05, 3.63) is 46.5 Å². The van der Waals surface area contributed by atoms with E-state index in [4.69, 9.17) is 35.3 Å². The fourth-order valence-corrected chi connectivity index (χ4v) is 7.32. The third-order valence-electron chi connectivity index (χ3n) is 10.1. The number of nitrogens with one attached hydrogen (secondary N) is 2. The Kier molecular flexibility index (Phi) is 11.8. The van der Waals surface area contributed by atoms with Crippen LogP contribution in [0.2, 0.25) is 5.02 Å². The number of benzene rings is 1.